The van der Waals surface area contributed by atoms with Gasteiger partial charge in [0.1, 0.15) is 5.82 Å². The van der Waals surface area contributed by atoms with E-state index >= 15 is 0 Å². The lowest BCUT2D eigenvalue weighted by Crippen LogP contribution is -2.41. The Bertz CT molecular complexity index is 1120. The van der Waals surface area contributed by atoms with Crippen molar-refractivity contribution in [3.63, 3.8) is 0 Å². The number of hydrogen-bond donors (Lipinski definition) is 0. The second-order valence-corrected chi connectivity index (χ2v) is 8.23. The predicted octanol–water partition coefficient (Wildman–Crippen LogP) is 4.38. The molecule has 0 spiro atoms. The van der Waals surface area contributed by atoms with Gasteiger partial charge in [-0.15, -0.1) is 0 Å². The van der Waals surface area contributed by atoms with Gasteiger partial charge in [-0.05, 0) is 48.4 Å². The van der Waals surface area contributed by atoms with Crippen LogP contribution < -0.4 is 4.90 Å². The molecule has 0 unspecified atom stereocenters. The highest BCUT2D eigenvalue weighted by Gasteiger charge is 2.21. The number of anilines is 1. The summed E-state index contributed by atoms with van der Waals surface area (Å²) in [7, 11) is 0. The largest absolute Gasteiger partial charge is 0.378 e. The van der Waals surface area contributed by atoms with Crippen molar-refractivity contribution in [3.05, 3.63) is 101 Å². The molecule has 0 aliphatic carbocycles. The SMILES string of the molecule is Cc1ccc(CN(C(=O)c2cccc(F)c2)c2cccc(CC(=O)N3CCOCC3)c2)cc1. The normalized spacial score (nSPS) is 13.6. The fourth-order valence-corrected chi connectivity index (χ4v) is 3.87. The van der Waals surface area contributed by atoms with Crippen LogP contribution in [0.2, 0.25) is 0 Å². The first-order chi connectivity index (χ1) is 16.0. The summed E-state index contributed by atoms with van der Waals surface area (Å²) in [6.45, 7) is 4.63. The number of ether oxygens (including phenoxy) is 1. The summed E-state index contributed by atoms with van der Waals surface area (Å²) in [4.78, 5) is 29.6. The standard InChI is InChI=1S/C27H27FN2O3/c1-20-8-10-21(11-9-20)19-30(27(32)23-5-3-6-24(28)18-23)25-7-2-4-22(16-25)17-26(31)29-12-14-33-15-13-29/h2-11,16,18H,12-15,17,19H2,1H3. The third-order valence-electron chi connectivity index (χ3n) is 5.72. The molecule has 170 valence electrons. The zero-order valence-corrected chi connectivity index (χ0v) is 18.7. The van der Waals surface area contributed by atoms with Gasteiger partial charge in [0.25, 0.3) is 5.91 Å². The van der Waals surface area contributed by atoms with E-state index in [1.807, 2.05) is 55.5 Å². The number of hydrogen-bond acceptors (Lipinski definition) is 3. The van der Waals surface area contributed by atoms with Crippen LogP contribution in [0.3, 0.4) is 0 Å². The van der Waals surface area contributed by atoms with Crippen molar-refractivity contribution >= 4 is 17.5 Å². The summed E-state index contributed by atoms with van der Waals surface area (Å²) >= 11 is 0. The lowest BCUT2D eigenvalue weighted by Gasteiger charge is -2.27. The number of amides is 2. The van der Waals surface area contributed by atoms with Gasteiger partial charge >= 0.3 is 0 Å². The molecule has 6 heteroatoms. The van der Waals surface area contributed by atoms with Crippen LogP contribution in [0.4, 0.5) is 10.1 Å². The van der Waals surface area contributed by atoms with Crippen LogP contribution in [0, 0.1) is 12.7 Å². The fraction of sp³-hybridized carbons (Fsp3) is 0.259. The van der Waals surface area contributed by atoms with Crippen molar-refractivity contribution in [2.45, 2.75) is 19.9 Å². The maximum Gasteiger partial charge on any atom is 0.258 e. The van der Waals surface area contributed by atoms with Gasteiger partial charge in [-0.2, -0.15) is 0 Å². The first kappa shape index (κ1) is 22.7. The summed E-state index contributed by atoms with van der Waals surface area (Å²) in [6, 6.07) is 21.1. The van der Waals surface area contributed by atoms with Crippen molar-refractivity contribution in [1.29, 1.82) is 0 Å². The average molecular weight is 447 g/mol. The van der Waals surface area contributed by atoms with Gasteiger partial charge in [0, 0.05) is 24.3 Å². The van der Waals surface area contributed by atoms with Crippen LogP contribution in [0.15, 0.2) is 72.8 Å². The summed E-state index contributed by atoms with van der Waals surface area (Å²) in [5, 5.41) is 0. The molecule has 2 amide bonds. The van der Waals surface area contributed by atoms with Gasteiger partial charge in [-0.25, -0.2) is 4.39 Å². The van der Waals surface area contributed by atoms with E-state index < -0.39 is 5.82 Å². The zero-order chi connectivity index (χ0) is 23.2. The van der Waals surface area contributed by atoms with E-state index in [4.69, 9.17) is 4.74 Å². The van der Waals surface area contributed by atoms with Crippen LogP contribution in [0.5, 0.6) is 0 Å². The Labute approximate surface area is 193 Å². The van der Waals surface area contributed by atoms with Gasteiger partial charge in [-0.1, -0.05) is 48.0 Å². The predicted molar refractivity (Wildman–Crippen MR) is 126 cm³/mol. The monoisotopic (exact) mass is 446 g/mol. The third kappa shape index (κ3) is 5.84. The molecule has 5 nitrogen and oxygen atoms in total. The molecular formula is C27H27FN2O3. The van der Waals surface area contributed by atoms with E-state index in [1.54, 1.807) is 15.9 Å². The molecule has 1 saturated heterocycles. The highest BCUT2D eigenvalue weighted by atomic mass is 19.1. The number of benzene rings is 3. The van der Waals surface area contributed by atoms with Crippen LogP contribution in [0.25, 0.3) is 0 Å². The summed E-state index contributed by atoms with van der Waals surface area (Å²) in [5.41, 5.74) is 3.85. The van der Waals surface area contributed by atoms with Gasteiger partial charge in [0.15, 0.2) is 0 Å². The number of rotatable bonds is 6. The summed E-state index contributed by atoms with van der Waals surface area (Å²) in [6.07, 6.45) is 0.250. The van der Waals surface area contributed by atoms with Crippen LogP contribution in [0.1, 0.15) is 27.0 Å². The molecule has 0 N–H and O–H groups in total. The third-order valence-corrected chi connectivity index (χ3v) is 5.72. The minimum atomic E-state index is -0.457. The molecule has 0 atom stereocenters. The van der Waals surface area contributed by atoms with Crippen molar-refractivity contribution in [2.75, 3.05) is 31.2 Å². The smallest absolute Gasteiger partial charge is 0.258 e. The number of carbonyl (C=O) groups is 2. The first-order valence-electron chi connectivity index (χ1n) is 11.1. The molecule has 0 aromatic heterocycles. The van der Waals surface area contributed by atoms with E-state index in [2.05, 4.69) is 0 Å². The molecule has 4 rings (SSSR count). The maximum atomic E-state index is 13.8. The number of aryl methyl sites for hydroxylation is 1. The number of carbonyl (C=O) groups excluding carboxylic acids is 2. The highest BCUT2D eigenvalue weighted by Crippen LogP contribution is 2.23. The van der Waals surface area contributed by atoms with Gasteiger partial charge in [0.05, 0.1) is 26.2 Å². The second kappa shape index (κ2) is 10.4. The molecule has 1 fully saturated rings. The molecular weight excluding hydrogens is 419 g/mol. The average Bonchev–Trinajstić information content (AvgIpc) is 2.84. The Morgan fingerprint density at radius 3 is 2.39 bits per heavy atom. The quantitative estimate of drug-likeness (QED) is 0.565. The van der Waals surface area contributed by atoms with Crippen LogP contribution >= 0.6 is 0 Å². The first-order valence-corrected chi connectivity index (χ1v) is 11.1. The Hall–Kier alpha value is -3.51. The van der Waals surface area contributed by atoms with Crippen molar-refractivity contribution in [2.24, 2.45) is 0 Å². The Morgan fingerprint density at radius 2 is 1.67 bits per heavy atom. The molecule has 33 heavy (non-hydrogen) atoms. The van der Waals surface area contributed by atoms with E-state index in [1.165, 1.54) is 18.2 Å². The number of nitrogens with zero attached hydrogens (tertiary/aromatic N) is 2. The van der Waals surface area contributed by atoms with Crippen LogP contribution in [-0.2, 0) is 22.5 Å². The molecule has 0 bridgehead atoms. The lowest BCUT2D eigenvalue weighted by atomic mass is 10.1. The van der Waals surface area contributed by atoms with Crippen molar-refractivity contribution < 1.29 is 18.7 Å². The lowest BCUT2D eigenvalue weighted by molar-refractivity contribution is -0.134. The minimum Gasteiger partial charge on any atom is -0.378 e. The second-order valence-electron chi connectivity index (χ2n) is 8.23. The Balaban J connectivity index is 1.61. The van der Waals surface area contributed by atoms with Gasteiger partial charge < -0.3 is 14.5 Å². The molecule has 0 saturated carbocycles. The summed E-state index contributed by atoms with van der Waals surface area (Å²) < 4.78 is 19.2. The van der Waals surface area contributed by atoms with Crippen LogP contribution in [-0.4, -0.2) is 43.0 Å². The Morgan fingerprint density at radius 1 is 0.939 bits per heavy atom. The highest BCUT2D eigenvalue weighted by molar-refractivity contribution is 6.06. The van der Waals surface area contributed by atoms with Crippen molar-refractivity contribution in [1.82, 2.24) is 4.90 Å². The molecule has 0 radical (unpaired) electrons. The number of halogens is 1. The molecule has 3 aromatic rings. The summed E-state index contributed by atoms with van der Waals surface area (Å²) in [5.74, 6) is -0.718. The van der Waals surface area contributed by atoms with Gasteiger partial charge in [0.2, 0.25) is 5.91 Å². The Kier molecular flexibility index (Phi) is 7.15. The zero-order valence-electron chi connectivity index (χ0n) is 18.7. The van der Waals surface area contributed by atoms with E-state index in [0.717, 1.165) is 16.7 Å². The van der Waals surface area contributed by atoms with E-state index in [-0.39, 0.29) is 23.8 Å². The molecule has 1 heterocycles. The van der Waals surface area contributed by atoms with E-state index in [0.29, 0.717) is 38.5 Å². The molecule has 1 aliphatic rings. The maximum absolute atomic E-state index is 13.8. The number of morpholine rings is 1. The van der Waals surface area contributed by atoms with Crippen molar-refractivity contribution in [3.8, 4) is 0 Å². The molecule has 1 aliphatic heterocycles. The van der Waals surface area contributed by atoms with Gasteiger partial charge in [-0.3, -0.25) is 9.59 Å². The molecule has 3 aromatic carbocycles. The fourth-order valence-electron chi connectivity index (χ4n) is 3.87. The topological polar surface area (TPSA) is 49.9 Å². The minimum absolute atomic E-state index is 0.0389. The van der Waals surface area contributed by atoms with E-state index in [9.17, 15) is 14.0 Å².